The molecule has 0 aliphatic heterocycles. The Labute approximate surface area is 124 Å². The van der Waals surface area contributed by atoms with Crippen molar-refractivity contribution >= 4 is 11.6 Å². The molecule has 5 heteroatoms. The highest BCUT2D eigenvalue weighted by Gasteiger charge is 2.19. The fourth-order valence-electron chi connectivity index (χ4n) is 2.43. The largest absolute Gasteiger partial charge is 0.508 e. The van der Waals surface area contributed by atoms with Crippen LogP contribution in [-0.2, 0) is 4.79 Å². The van der Waals surface area contributed by atoms with E-state index in [0.717, 1.165) is 31.4 Å². The lowest BCUT2D eigenvalue weighted by molar-refractivity contribution is -0.117. The fourth-order valence-corrected chi connectivity index (χ4v) is 2.43. The zero-order valence-electron chi connectivity index (χ0n) is 12.0. The summed E-state index contributed by atoms with van der Waals surface area (Å²) in [5.41, 5.74) is 0.867. The molecule has 1 aliphatic rings. The first kappa shape index (κ1) is 14.9. The topological polar surface area (TPSA) is 76.4 Å². The van der Waals surface area contributed by atoms with Gasteiger partial charge in [-0.2, -0.15) is 5.26 Å². The number of phenolic OH excluding ortho intramolecular Hbond substituents is 1. The lowest BCUT2D eigenvalue weighted by Crippen LogP contribution is -2.34. The number of phenols is 1. The van der Waals surface area contributed by atoms with Crippen molar-refractivity contribution in [3.05, 3.63) is 36.0 Å². The molecule has 2 rings (SSSR count). The van der Waals surface area contributed by atoms with Crippen LogP contribution in [0.3, 0.4) is 0 Å². The van der Waals surface area contributed by atoms with Crippen molar-refractivity contribution in [1.29, 1.82) is 5.26 Å². The molecule has 110 valence electrons. The van der Waals surface area contributed by atoms with Crippen molar-refractivity contribution in [1.82, 2.24) is 5.32 Å². The SMILES string of the molecule is CN(/C=C(/C#N)C(=O)NC1CCCC1)c1ccc(O)cc1. The van der Waals surface area contributed by atoms with Gasteiger partial charge in [0.2, 0.25) is 0 Å². The van der Waals surface area contributed by atoms with E-state index in [1.54, 1.807) is 36.2 Å². The monoisotopic (exact) mass is 285 g/mol. The predicted molar refractivity (Wildman–Crippen MR) is 80.6 cm³/mol. The molecular formula is C16H19N3O2. The Bertz CT molecular complexity index is 566. The maximum atomic E-state index is 12.1. The van der Waals surface area contributed by atoms with Crippen LogP contribution in [0.15, 0.2) is 36.0 Å². The van der Waals surface area contributed by atoms with Crippen LogP contribution >= 0.6 is 0 Å². The van der Waals surface area contributed by atoms with E-state index < -0.39 is 0 Å². The normalized spacial score (nSPS) is 15.5. The van der Waals surface area contributed by atoms with Crippen LogP contribution in [0.2, 0.25) is 0 Å². The summed E-state index contributed by atoms with van der Waals surface area (Å²) in [6.07, 6.45) is 5.74. The van der Waals surface area contributed by atoms with Crippen LogP contribution < -0.4 is 10.2 Å². The minimum Gasteiger partial charge on any atom is -0.508 e. The molecule has 0 bridgehead atoms. The second-order valence-corrected chi connectivity index (χ2v) is 5.24. The van der Waals surface area contributed by atoms with Gasteiger partial charge in [0, 0.05) is 25.0 Å². The smallest absolute Gasteiger partial charge is 0.263 e. The van der Waals surface area contributed by atoms with Crippen molar-refractivity contribution in [3.63, 3.8) is 0 Å². The molecular weight excluding hydrogens is 266 g/mol. The molecule has 1 aromatic carbocycles. The van der Waals surface area contributed by atoms with Gasteiger partial charge in [-0.1, -0.05) is 12.8 Å². The van der Waals surface area contributed by atoms with E-state index >= 15 is 0 Å². The molecule has 0 heterocycles. The molecule has 0 saturated heterocycles. The van der Waals surface area contributed by atoms with Crippen LogP contribution in [0, 0.1) is 11.3 Å². The molecule has 0 aromatic heterocycles. The second-order valence-electron chi connectivity index (χ2n) is 5.24. The van der Waals surface area contributed by atoms with Gasteiger partial charge < -0.3 is 15.3 Å². The molecule has 2 N–H and O–H groups in total. The lowest BCUT2D eigenvalue weighted by atomic mass is 10.2. The highest BCUT2D eigenvalue weighted by molar-refractivity contribution is 5.97. The molecule has 0 spiro atoms. The van der Waals surface area contributed by atoms with E-state index in [2.05, 4.69) is 5.32 Å². The third-order valence-electron chi connectivity index (χ3n) is 3.64. The van der Waals surface area contributed by atoms with Crippen molar-refractivity contribution in [3.8, 4) is 11.8 Å². The number of nitrogens with one attached hydrogen (secondary N) is 1. The number of carbonyl (C=O) groups is 1. The summed E-state index contributed by atoms with van der Waals surface area (Å²) in [5, 5.41) is 21.3. The molecule has 1 aliphatic carbocycles. The molecule has 1 fully saturated rings. The number of nitrogens with zero attached hydrogens (tertiary/aromatic N) is 2. The highest BCUT2D eigenvalue weighted by atomic mass is 16.3. The van der Waals surface area contributed by atoms with Crippen molar-refractivity contribution in [2.45, 2.75) is 31.7 Å². The van der Waals surface area contributed by atoms with E-state index in [9.17, 15) is 9.90 Å². The summed E-state index contributed by atoms with van der Waals surface area (Å²) in [7, 11) is 1.76. The van der Waals surface area contributed by atoms with E-state index in [1.807, 2.05) is 6.07 Å². The van der Waals surface area contributed by atoms with E-state index in [4.69, 9.17) is 5.26 Å². The summed E-state index contributed by atoms with van der Waals surface area (Å²) >= 11 is 0. The minimum absolute atomic E-state index is 0.0810. The average molecular weight is 285 g/mol. The van der Waals surface area contributed by atoms with Gasteiger partial charge >= 0.3 is 0 Å². The Morgan fingerprint density at radius 3 is 2.57 bits per heavy atom. The molecule has 21 heavy (non-hydrogen) atoms. The standard InChI is InChI=1S/C16H19N3O2/c1-19(14-6-8-15(20)9-7-14)11-12(10-17)16(21)18-13-4-2-3-5-13/h6-9,11,13,20H,2-5H2,1H3,(H,18,21)/b12-11-. The first-order valence-corrected chi connectivity index (χ1v) is 7.05. The number of nitriles is 1. The van der Waals surface area contributed by atoms with E-state index in [-0.39, 0.29) is 23.3 Å². The first-order chi connectivity index (χ1) is 10.1. The number of amides is 1. The Morgan fingerprint density at radius 2 is 2.00 bits per heavy atom. The number of carbonyl (C=O) groups excluding carboxylic acids is 1. The third kappa shape index (κ3) is 3.99. The number of aromatic hydroxyl groups is 1. The van der Waals surface area contributed by atoms with Crippen molar-refractivity contribution < 1.29 is 9.90 Å². The van der Waals surface area contributed by atoms with Gasteiger partial charge in [0.05, 0.1) is 0 Å². The van der Waals surface area contributed by atoms with Gasteiger partial charge in [-0.15, -0.1) is 0 Å². The Morgan fingerprint density at radius 1 is 1.38 bits per heavy atom. The first-order valence-electron chi connectivity index (χ1n) is 7.05. The van der Waals surface area contributed by atoms with E-state index in [1.165, 1.54) is 6.20 Å². The predicted octanol–water partition coefficient (Wildman–Crippen LogP) is 2.29. The molecule has 0 atom stereocenters. The van der Waals surface area contributed by atoms with Crippen molar-refractivity contribution in [2.75, 3.05) is 11.9 Å². The molecule has 1 saturated carbocycles. The maximum absolute atomic E-state index is 12.1. The maximum Gasteiger partial charge on any atom is 0.263 e. The third-order valence-corrected chi connectivity index (χ3v) is 3.64. The van der Waals surface area contributed by atoms with Gasteiger partial charge in [0.25, 0.3) is 5.91 Å². The Hall–Kier alpha value is -2.48. The average Bonchev–Trinajstić information content (AvgIpc) is 2.98. The number of benzene rings is 1. The van der Waals surface area contributed by atoms with Crippen LogP contribution in [0.4, 0.5) is 5.69 Å². The van der Waals surface area contributed by atoms with Gasteiger partial charge in [0.15, 0.2) is 0 Å². The summed E-state index contributed by atoms with van der Waals surface area (Å²) in [6, 6.07) is 8.69. The number of rotatable bonds is 4. The van der Waals surface area contributed by atoms with Crippen LogP contribution in [-0.4, -0.2) is 24.1 Å². The summed E-state index contributed by atoms with van der Waals surface area (Å²) in [4.78, 5) is 13.8. The zero-order valence-corrected chi connectivity index (χ0v) is 12.0. The Balaban J connectivity index is 2.06. The highest BCUT2D eigenvalue weighted by Crippen LogP contribution is 2.19. The van der Waals surface area contributed by atoms with Gasteiger partial charge in [-0.3, -0.25) is 4.79 Å². The van der Waals surface area contributed by atoms with Gasteiger partial charge in [-0.25, -0.2) is 0 Å². The molecule has 1 aromatic rings. The summed E-state index contributed by atoms with van der Waals surface area (Å²) < 4.78 is 0. The Kier molecular flexibility index (Phi) is 4.83. The lowest BCUT2D eigenvalue weighted by Gasteiger charge is -2.16. The summed E-state index contributed by atoms with van der Waals surface area (Å²) in [5.74, 6) is -0.148. The molecule has 5 nitrogen and oxygen atoms in total. The number of hydrogen-bond acceptors (Lipinski definition) is 4. The van der Waals surface area contributed by atoms with Crippen molar-refractivity contribution in [2.24, 2.45) is 0 Å². The second kappa shape index (κ2) is 6.80. The van der Waals surface area contributed by atoms with Crippen LogP contribution in [0.5, 0.6) is 5.75 Å². The number of hydrogen-bond donors (Lipinski definition) is 2. The molecule has 0 unspecified atom stereocenters. The van der Waals surface area contributed by atoms with Crippen LogP contribution in [0.1, 0.15) is 25.7 Å². The quantitative estimate of drug-likeness (QED) is 0.657. The molecule has 0 radical (unpaired) electrons. The van der Waals surface area contributed by atoms with Gasteiger partial charge in [0.1, 0.15) is 17.4 Å². The summed E-state index contributed by atoms with van der Waals surface area (Å²) in [6.45, 7) is 0. The minimum atomic E-state index is -0.324. The molecule has 1 amide bonds. The zero-order chi connectivity index (χ0) is 15.2. The number of anilines is 1. The fraction of sp³-hybridized carbons (Fsp3) is 0.375. The van der Waals surface area contributed by atoms with E-state index in [0.29, 0.717) is 0 Å². The van der Waals surface area contributed by atoms with Gasteiger partial charge in [-0.05, 0) is 37.1 Å². The van der Waals surface area contributed by atoms with Crippen LogP contribution in [0.25, 0.3) is 0 Å².